The number of benzene rings is 2. The van der Waals surface area contributed by atoms with E-state index < -0.39 is 38.8 Å². The van der Waals surface area contributed by atoms with Crippen LogP contribution in [0.1, 0.15) is 11.5 Å². The minimum Gasteiger partial charge on any atom is -0.395 e. The number of hydrogen-bond acceptors (Lipinski definition) is 4. The molecule has 4 nitrogen and oxygen atoms in total. The molecule has 1 saturated carbocycles. The van der Waals surface area contributed by atoms with Gasteiger partial charge in [0.15, 0.2) is 9.84 Å². The fourth-order valence-electron chi connectivity index (χ4n) is 3.15. The average Bonchev–Trinajstić information content (AvgIpc) is 3.26. The summed E-state index contributed by atoms with van der Waals surface area (Å²) in [6, 6.07) is 15.3. The first-order chi connectivity index (χ1) is 11.0. The molecule has 0 aliphatic heterocycles. The van der Waals surface area contributed by atoms with Crippen molar-refractivity contribution < 1.29 is 17.9 Å². The molecule has 0 bridgehead atoms. The minimum atomic E-state index is -3.81. The molecule has 1 N–H and O–H groups in total. The molecule has 0 heterocycles. The second-order valence-corrected chi connectivity index (χ2v) is 7.69. The normalized spacial score (nSPS) is 26.5. The Bertz CT molecular complexity index is 876. The highest BCUT2D eigenvalue weighted by Crippen LogP contribution is 2.63. The van der Waals surface area contributed by atoms with Gasteiger partial charge in [0, 0.05) is 5.92 Å². The zero-order chi connectivity index (χ0) is 16.7. The summed E-state index contributed by atoms with van der Waals surface area (Å²) >= 11 is 0. The van der Waals surface area contributed by atoms with Gasteiger partial charge in [0.05, 0.1) is 22.8 Å². The maximum atomic E-state index is 13.5. The van der Waals surface area contributed by atoms with Gasteiger partial charge in [-0.1, -0.05) is 30.3 Å². The molecule has 1 fully saturated rings. The molecule has 6 heteroatoms. The van der Waals surface area contributed by atoms with E-state index in [0.29, 0.717) is 5.56 Å². The van der Waals surface area contributed by atoms with Crippen LogP contribution in [0.5, 0.6) is 0 Å². The molecule has 0 spiro atoms. The summed E-state index contributed by atoms with van der Waals surface area (Å²) in [6.45, 7) is -0.596. The van der Waals surface area contributed by atoms with Gasteiger partial charge in [0.2, 0.25) is 0 Å². The molecular formula is C17H14FNO3S. The molecule has 2 aromatic rings. The van der Waals surface area contributed by atoms with Crippen molar-refractivity contribution in [2.45, 2.75) is 16.1 Å². The lowest BCUT2D eigenvalue weighted by molar-refractivity contribution is 0.242. The van der Waals surface area contributed by atoms with Gasteiger partial charge < -0.3 is 5.11 Å². The summed E-state index contributed by atoms with van der Waals surface area (Å²) in [5.74, 6) is -1.26. The third-order valence-electron chi connectivity index (χ3n) is 4.34. The molecule has 1 aliphatic rings. The van der Waals surface area contributed by atoms with E-state index in [1.807, 2.05) is 6.07 Å². The number of rotatable bonds is 4. The summed E-state index contributed by atoms with van der Waals surface area (Å²) in [5.41, 5.74) is -1.03. The van der Waals surface area contributed by atoms with Crippen molar-refractivity contribution in [3.63, 3.8) is 0 Å². The molecule has 3 atom stereocenters. The Morgan fingerprint density at radius 3 is 2.43 bits per heavy atom. The summed E-state index contributed by atoms with van der Waals surface area (Å²) in [7, 11) is -3.81. The molecule has 0 aromatic heterocycles. The fourth-order valence-corrected chi connectivity index (χ4v) is 5.48. The third kappa shape index (κ3) is 2.33. The standard InChI is InChI=1S/C17H14FNO3S/c18-13-6-4-5-12(9-13)15-16(17(15,10-19)11-20)23(21,22)14-7-2-1-3-8-14/h1-9,15-16,20H,11H2/t15-,16-,17+/m0/s1. The topological polar surface area (TPSA) is 78.2 Å². The fraction of sp³-hybridized carbons (Fsp3) is 0.235. The number of nitrogens with zero attached hydrogens (tertiary/aromatic N) is 1. The summed E-state index contributed by atoms with van der Waals surface area (Å²) in [4.78, 5) is 0.0944. The Labute approximate surface area is 133 Å². The van der Waals surface area contributed by atoms with Crippen LogP contribution in [0.3, 0.4) is 0 Å². The number of sulfone groups is 1. The second kappa shape index (κ2) is 5.44. The van der Waals surface area contributed by atoms with Crippen molar-refractivity contribution in [1.82, 2.24) is 0 Å². The van der Waals surface area contributed by atoms with Crippen LogP contribution < -0.4 is 0 Å². The quantitative estimate of drug-likeness (QED) is 0.932. The van der Waals surface area contributed by atoms with Crippen LogP contribution in [0, 0.1) is 22.6 Å². The van der Waals surface area contributed by atoms with E-state index in [4.69, 9.17) is 0 Å². The Kier molecular flexibility index (Phi) is 3.71. The first-order valence-corrected chi connectivity index (χ1v) is 8.58. The van der Waals surface area contributed by atoms with Crippen LogP contribution in [-0.2, 0) is 9.84 Å². The number of aliphatic hydroxyl groups is 1. The largest absolute Gasteiger partial charge is 0.395 e. The van der Waals surface area contributed by atoms with Crippen LogP contribution in [0.15, 0.2) is 59.5 Å². The molecule has 0 unspecified atom stereocenters. The number of nitriles is 1. The maximum absolute atomic E-state index is 13.5. The zero-order valence-electron chi connectivity index (χ0n) is 12.1. The van der Waals surface area contributed by atoms with Gasteiger partial charge in [-0.05, 0) is 29.8 Å². The van der Waals surface area contributed by atoms with Gasteiger partial charge in [-0.15, -0.1) is 0 Å². The molecular weight excluding hydrogens is 317 g/mol. The number of halogens is 1. The molecule has 23 heavy (non-hydrogen) atoms. The van der Waals surface area contributed by atoms with Crippen LogP contribution >= 0.6 is 0 Å². The number of hydrogen-bond donors (Lipinski definition) is 1. The van der Waals surface area contributed by atoms with Crippen LogP contribution in [0.25, 0.3) is 0 Å². The van der Waals surface area contributed by atoms with E-state index >= 15 is 0 Å². The van der Waals surface area contributed by atoms with Crippen molar-refractivity contribution in [2.75, 3.05) is 6.61 Å². The predicted octanol–water partition coefficient (Wildman–Crippen LogP) is 2.27. The van der Waals surface area contributed by atoms with Gasteiger partial charge in [0.1, 0.15) is 11.2 Å². The Balaban J connectivity index is 2.10. The molecule has 3 rings (SSSR count). The van der Waals surface area contributed by atoms with Gasteiger partial charge in [0.25, 0.3) is 0 Å². The Morgan fingerprint density at radius 2 is 1.87 bits per heavy atom. The van der Waals surface area contributed by atoms with Gasteiger partial charge in [-0.3, -0.25) is 0 Å². The van der Waals surface area contributed by atoms with E-state index in [2.05, 4.69) is 0 Å². The summed E-state index contributed by atoms with van der Waals surface area (Å²) in [5, 5.41) is 18.0. The smallest absolute Gasteiger partial charge is 0.183 e. The summed E-state index contributed by atoms with van der Waals surface area (Å²) in [6.07, 6.45) is 0. The van der Waals surface area contributed by atoms with Crippen LogP contribution in [-0.4, -0.2) is 25.4 Å². The van der Waals surface area contributed by atoms with E-state index in [1.54, 1.807) is 24.3 Å². The highest BCUT2D eigenvalue weighted by molar-refractivity contribution is 7.92. The lowest BCUT2D eigenvalue weighted by atomic mass is 10.0. The Morgan fingerprint density at radius 1 is 1.17 bits per heavy atom. The maximum Gasteiger partial charge on any atom is 0.183 e. The third-order valence-corrected chi connectivity index (χ3v) is 6.63. The first-order valence-electron chi connectivity index (χ1n) is 7.04. The highest BCUT2D eigenvalue weighted by Gasteiger charge is 2.72. The van der Waals surface area contributed by atoms with E-state index in [1.165, 1.54) is 30.3 Å². The Hall–Kier alpha value is -2.23. The molecule has 0 saturated heterocycles. The molecule has 118 valence electrons. The van der Waals surface area contributed by atoms with Gasteiger partial charge >= 0.3 is 0 Å². The van der Waals surface area contributed by atoms with Gasteiger partial charge in [-0.25, -0.2) is 12.8 Å². The average molecular weight is 331 g/mol. The van der Waals surface area contributed by atoms with Crippen LogP contribution in [0.4, 0.5) is 4.39 Å². The van der Waals surface area contributed by atoms with E-state index in [-0.39, 0.29) is 4.90 Å². The SMILES string of the molecule is N#C[C@@]1(CO)[C@@H](c2cccc(F)c2)[C@@H]1S(=O)(=O)c1ccccc1. The van der Waals surface area contributed by atoms with Crippen LogP contribution in [0.2, 0.25) is 0 Å². The monoisotopic (exact) mass is 331 g/mol. The van der Waals surface area contributed by atoms with Crippen molar-refractivity contribution >= 4 is 9.84 Å². The second-order valence-electron chi connectivity index (χ2n) is 5.62. The lowest BCUT2D eigenvalue weighted by Crippen LogP contribution is -2.18. The zero-order valence-corrected chi connectivity index (χ0v) is 12.9. The highest BCUT2D eigenvalue weighted by atomic mass is 32.2. The van der Waals surface area contributed by atoms with Crippen molar-refractivity contribution in [3.05, 3.63) is 66.0 Å². The first kappa shape index (κ1) is 15.7. The number of aliphatic hydroxyl groups excluding tert-OH is 1. The predicted molar refractivity (Wildman–Crippen MR) is 81.7 cm³/mol. The van der Waals surface area contributed by atoms with E-state index in [0.717, 1.165) is 0 Å². The molecule has 0 amide bonds. The van der Waals surface area contributed by atoms with Crippen molar-refractivity contribution in [2.24, 2.45) is 5.41 Å². The summed E-state index contributed by atoms with van der Waals surface area (Å²) < 4.78 is 39.1. The van der Waals surface area contributed by atoms with Gasteiger partial charge in [-0.2, -0.15) is 5.26 Å². The van der Waals surface area contributed by atoms with Crippen molar-refractivity contribution in [3.8, 4) is 6.07 Å². The van der Waals surface area contributed by atoms with E-state index in [9.17, 15) is 23.2 Å². The molecule has 0 radical (unpaired) electrons. The van der Waals surface area contributed by atoms with Crippen molar-refractivity contribution in [1.29, 1.82) is 5.26 Å². The lowest BCUT2D eigenvalue weighted by Gasteiger charge is -2.05. The minimum absolute atomic E-state index is 0.0944. The molecule has 2 aromatic carbocycles. The molecule has 1 aliphatic carbocycles.